The van der Waals surface area contributed by atoms with E-state index in [1.165, 1.54) is 0 Å². The molecule has 0 radical (unpaired) electrons. The number of rotatable bonds is 5. The fraction of sp³-hybridized carbons (Fsp3) is 0.462. The predicted octanol–water partition coefficient (Wildman–Crippen LogP) is 1.11. The highest BCUT2D eigenvalue weighted by atomic mass is 16.5. The summed E-state index contributed by atoms with van der Waals surface area (Å²) in [6.07, 6.45) is -0.147. The maximum Gasteiger partial charge on any atom is 0.304 e. The summed E-state index contributed by atoms with van der Waals surface area (Å²) < 4.78 is 5.22. The van der Waals surface area contributed by atoms with Crippen molar-refractivity contribution in [1.29, 1.82) is 0 Å². The second kappa shape index (κ2) is 5.84. The van der Waals surface area contributed by atoms with Crippen LogP contribution in [0.25, 0.3) is 0 Å². The molecule has 18 heavy (non-hydrogen) atoms. The van der Waals surface area contributed by atoms with Crippen LogP contribution in [0.5, 0.6) is 5.75 Å². The molecule has 0 saturated carbocycles. The summed E-state index contributed by atoms with van der Waals surface area (Å²) in [5.41, 5.74) is 14.6. The molecule has 5 nitrogen and oxygen atoms in total. The van der Waals surface area contributed by atoms with Gasteiger partial charge in [-0.1, -0.05) is 6.07 Å². The maximum absolute atomic E-state index is 10.6. The number of aryl methyl sites for hydroxylation is 2. The van der Waals surface area contributed by atoms with Gasteiger partial charge >= 0.3 is 5.97 Å². The molecule has 0 aliphatic carbocycles. The number of aliphatic carboxylic acids is 1. The van der Waals surface area contributed by atoms with Crippen molar-refractivity contribution in [3.8, 4) is 5.75 Å². The molecule has 0 fully saturated rings. The van der Waals surface area contributed by atoms with Crippen LogP contribution in [0.3, 0.4) is 0 Å². The fourth-order valence-electron chi connectivity index (χ4n) is 1.95. The second-order valence-electron chi connectivity index (χ2n) is 4.47. The predicted molar refractivity (Wildman–Crippen MR) is 69.6 cm³/mol. The summed E-state index contributed by atoms with van der Waals surface area (Å²) in [4.78, 5) is 10.6. The van der Waals surface area contributed by atoms with Crippen molar-refractivity contribution in [2.24, 2.45) is 11.5 Å². The molecule has 1 rings (SSSR count). The molecule has 0 bridgehead atoms. The van der Waals surface area contributed by atoms with E-state index < -0.39 is 18.1 Å². The molecule has 0 amide bonds. The Morgan fingerprint density at radius 2 is 1.94 bits per heavy atom. The third-order valence-corrected chi connectivity index (χ3v) is 3.01. The van der Waals surface area contributed by atoms with E-state index in [9.17, 15) is 4.79 Å². The third-order valence-electron chi connectivity index (χ3n) is 3.01. The first kappa shape index (κ1) is 14.5. The van der Waals surface area contributed by atoms with Crippen molar-refractivity contribution < 1.29 is 14.6 Å². The number of benzene rings is 1. The summed E-state index contributed by atoms with van der Waals surface area (Å²) in [7, 11) is 1.61. The van der Waals surface area contributed by atoms with Gasteiger partial charge in [0.25, 0.3) is 0 Å². The largest absolute Gasteiger partial charge is 0.496 e. The van der Waals surface area contributed by atoms with Gasteiger partial charge in [0, 0.05) is 12.1 Å². The van der Waals surface area contributed by atoms with Crippen molar-refractivity contribution in [2.75, 3.05) is 7.11 Å². The van der Waals surface area contributed by atoms with Crippen molar-refractivity contribution in [2.45, 2.75) is 32.4 Å². The number of carboxylic acids is 1. The zero-order chi connectivity index (χ0) is 13.9. The minimum absolute atomic E-state index is 0.147. The SMILES string of the molecule is COc1cc(C)c(C(N)C(N)CC(=O)O)cc1C. The Morgan fingerprint density at radius 3 is 2.44 bits per heavy atom. The average Bonchev–Trinajstić information content (AvgIpc) is 2.29. The highest BCUT2D eigenvalue weighted by molar-refractivity contribution is 5.67. The third kappa shape index (κ3) is 3.21. The standard InChI is InChI=1S/C13H20N2O3/c1-7-5-11(18-3)8(2)4-9(7)13(15)10(14)6-12(16)17/h4-5,10,13H,6,14-15H2,1-3H3,(H,16,17). The van der Waals surface area contributed by atoms with Crippen LogP contribution in [-0.2, 0) is 4.79 Å². The van der Waals surface area contributed by atoms with Crippen LogP contribution < -0.4 is 16.2 Å². The summed E-state index contributed by atoms with van der Waals surface area (Å²) >= 11 is 0. The van der Waals surface area contributed by atoms with Gasteiger partial charge in [-0.15, -0.1) is 0 Å². The number of hydrogen-bond acceptors (Lipinski definition) is 4. The van der Waals surface area contributed by atoms with Gasteiger partial charge in [0.2, 0.25) is 0 Å². The van der Waals surface area contributed by atoms with Crippen LogP contribution in [-0.4, -0.2) is 24.2 Å². The van der Waals surface area contributed by atoms with Gasteiger partial charge in [0.05, 0.1) is 13.5 Å². The van der Waals surface area contributed by atoms with Crippen molar-refractivity contribution in [3.05, 3.63) is 28.8 Å². The zero-order valence-electron chi connectivity index (χ0n) is 10.9. The molecule has 0 heterocycles. The molecule has 2 unspecified atom stereocenters. The number of methoxy groups -OCH3 is 1. The van der Waals surface area contributed by atoms with Crippen LogP contribution in [0, 0.1) is 13.8 Å². The highest BCUT2D eigenvalue weighted by Crippen LogP contribution is 2.27. The van der Waals surface area contributed by atoms with E-state index >= 15 is 0 Å². The van der Waals surface area contributed by atoms with Gasteiger partial charge < -0.3 is 21.3 Å². The Hall–Kier alpha value is -1.59. The molecular formula is C13H20N2O3. The zero-order valence-corrected chi connectivity index (χ0v) is 10.9. The van der Waals surface area contributed by atoms with E-state index in [2.05, 4.69) is 0 Å². The molecule has 0 aliphatic rings. The van der Waals surface area contributed by atoms with Gasteiger partial charge in [0.15, 0.2) is 0 Å². The van der Waals surface area contributed by atoms with E-state index in [4.69, 9.17) is 21.3 Å². The number of hydrogen-bond donors (Lipinski definition) is 3. The molecule has 100 valence electrons. The van der Waals surface area contributed by atoms with Gasteiger partial charge in [-0.05, 0) is 36.6 Å². The number of ether oxygens (including phenoxy) is 1. The van der Waals surface area contributed by atoms with E-state index in [1.54, 1.807) is 7.11 Å². The normalized spacial score (nSPS) is 14.1. The average molecular weight is 252 g/mol. The lowest BCUT2D eigenvalue weighted by atomic mass is 9.93. The van der Waals surface area contributed by atoms with Gasteiger partial charge in [-0.2, -0.15) is 0 Å². The van der Waals surface area contributed by atoms with Gasteiger partial charge in [-0.25, -0.2) is 0 Å². The molecule has 1 aromatic rings. The molecule has 2 atom stereocenters. The monoisotopic (exact) mass is 252 g/mol. The Bertz CT molecular complexity index is 446. The molecule has 0 aliphatic heterocycles. The van der Waals surface area contributed by atoms with E-state index in [0.29, 0.717) is 0 Å². The lowest BCUT2D eigenvalue weighted by molar-refractivity contribution is -0.137. The topological polar surface area (TPSA) is 98.6 Å². The lowest BCUT2D eigenvalue weighted by Crippen LogP contribution is -2.36. The van der Waals surface area contributed by atoms with Crippen LogP contribution in [0.4, 0.5) is 0 Å². The fourth-order valence-corrected chi connectivity index (χ4v) is 1.95. The highest BCUT2D eigenvalue weighted by Gasteiger charge is 2.20. The number of nitrogens with two attached hydrogens (primary N) is 2. The summed E-state index contributed by atoms with van der Waals surface area (Å²) in [6, 6.07) is 2.69. The Labute approximate surface area is 107 Å². The van der Waals surface area contributed by atoms with E-state index in [1.807, 2.05) is 26.0 Å². The van der Waals surface area contributed by atoms with Crippen LogP contribution in [0.2, 0.25) is 0 Å². The first-order chi connectivity index (χ1) is 8.36. The van der Waals surface area contributed by atoms with Gasteiger partial charge in [0.1, 0.15) is 5.75 Å². The Kier molecular flexibility index (Phi) is 4.69. The molecule has 5 N–H and O–H groups in total. The number of carbonyl (C=O) groups is 1. The van der Waals surface area contributed by atoms with Crippen LogP contribution >= 0.6 is 0 Å². The first-order valence-corrected chi connectivity index (χ1v) is 5.75. The Balaban J connectivity index is 3.02. The maximum atomic E-state index is 10.6. The van der Waals surface area contributed by atoms with Crippen LogP contribution in [0.15, 0.2) is 12.1 Å². The summed E-state index contributed by atoms with van der Waals surface area (Å²) in [5.74, 6) is -0.156. The van der Waals surface area contributed by atoms with Crippen LogP contribution in [0.1, 0.15) is 29.2 Å². The Morgan fingerprint density at radius 1 is 1.33 bits per heavy atom. The summed E-state index contributed by atoms with van der Waals surface area (Å²) in [6.45, 7) is 3.82. The van der Waals surface area contributed by atoms with Crippen molar-refractivity contribution >= 4 is 5.97 Å². The second-order valence-corrected chi connectivity index (χ2v) is 4.47. The van der Waals surface area contributed by atoms with E-state index in [-0.39, 0.29) is 6.42 Å². The molecule has 0 aromatic heterocycles. The molecule has 1 aromatic carbocycles. The quantitative estimate of drug-likeness (QED) is 0.729. The van der Waals surface area contributed by atoms with Crippen molar-refractivity contribution in [3.63, 3.8) is 0 Å². The molecule has 0 spiro atoms. The van der Waals surface area contributed by atoms with E-state index in [0.717, 1.165) is 22.4 Å². The van der Waals surface area contributed by atoms with Gasteiger partial charge in [-0.3, -0.25) is 4.79 Å². The van der Waals surface area contributed by atoms with Crippen molar-refractivity contribution in [1.82, 2.24) is 0 Å². The molecule has 5 heteroatoms. The number of carboxylic acid groups (broad SMARTS) is 1. The lowest BCUT2D eigenvalue weighted by Gasteiger charge is -2.22. The summed E-state index contributed by atoms with van der Waals surface area (Å²) in [5, 5.41) is 8.73. The molecule has 0 saturated heterocycles. The molecular weight excluding hydrogens is 232 g/mol. The first-order valence-electron chi connectivity index (χ1n) is 5.75. The smallest absolute Gasteiger partial charge is 0.304 e. The minimum atomic E-state index is -0.944. The minimum Gasteiger partial charge on any atom is -0.496 e.